The van der Waals surface area contributed by atoms with E-state index in [0.29, 0.717) is 43.3 Å². The number of ether oxygens (including phenoxy) is 3. The SMILES string of the molecule is COCCN=C1Nc2ccccc2NC12CCCN(C(=O)c1ccc3c(c1)OCO3)C2. The van der Waals surface area contributed by atoms with Gasteiger partial charge in [-0.15, -0.1) is 0 Å². The number of rotatable bonds is 4. The molecule has 8 heteroatoms. The summed E-state index contributed by atoms with van der Waals surface area (Å²) in [6.07, 6.45) is 1.75. The van der Waals surface area contributed by atoms with Crippen molar-refractivity contribution in [3.05, 3.63) is 48.0 Å². The summed E-state index contributed by atoms with van der Waals surface area (Å²) in [6, 6.07) is 13.4. The number of likely N-dealkylation sites (tertiary alicyclic amines) is 1. The van der Waals surface area contributed by atoms with Crippen LogP contribution in [-0.4, -0.2) is 62.3 Å². The van der Waals surface area contributed by atoms with Gasteiger partial charge < -0.3 is 29.7 Å². The molecule has 2 N–H and O–H groups in total. The molecule has 1 spiro atoms. The third-order valence-electron chi connectivity index (χ3n) is 5.97. The highest BCUT2D eigenvalue weighted by molar-refractivity contribution is 6.10. The van der Waals surface area contributed by atoms with E-state index >= 15 is 0 Å². The van der Waals surface area contributed by atoms with Gasteiger partial charge in [0.25, 0.3) is 5.91 Å². The molecule has 1 fully saturated rings. The lowest BCUT2D eigenvalue weighted by Gasteiger charge is -2.47. The molecule has 162 valence electrons. The van der Waals surface area contributed by atoms with Crippen LogP contribution in [0.5, 0.6) is 11.5 Å². The van der Waals surface area contributed by atoms with E-state index < -0.39 is 5.54 Å². The zero-order valence-electron chi connectivity index (χ0n) is 17.5. The Kier molecular flexibility index (Phi) is 5.15. The number of amidine groups is 1. The molecule has 8 nitrogen and oxygen atoms in total. The van der Waals surface area contributed by atoms with Gasteiger partial charge in [-0.25, -0.2) is 0 Å². The number of nitrogens with zero attached hydrogens (tertiary/aromatic N) is 2. The van der Waals surface area contributed by atoms with Crippen LogP contribution < -0.4 is 20.1 Å². The summed E-state index contributed by atoms with van der Waals surface area (Å²) < 4.78 is 16.0. The summed E-state index contributed by atoms with van der Waals surface area (Å²) in [5.41, 5.74) is 2.14. The Balaban J connectivity index is 1.43. The van der Waals surface area contributed by atoms with Crippen molar-refractivity contribution >= 4 is 23.1 Å². The molecule has 3 aliphatic heterocycles. The summed E-state index contributed by atoms with van der Waals surface area (Å²) >= 11 is 0. The number of carbonyl (C=O) groups excluding carboxylic acids is 1. The van der Waals surface area contributed by atoms with E-state index in [9.17, 15) is 4.79 Å². The molecular formula is C23H26N4O4. The predicted octanol–water partition coefficient (Wildman–Crippen LogP) is 2.97. The molecule has 1 atom stereocenters. The molecule has 31 heavy (non-hydrogen) atoms. The average Bonchev–Trinajstić information content (AvgIpc) is 3.27. The Morgan fingerprint density at radius 3 is 2.90 bits per heavy atom. The zero-order valence-corrected chi connectivity index (χ0v) is 17.5. The minimum absolute atomic E-state index is 0.0192. The number of aliphatic imine (C=N–C) groups is 1. The molecule has 3 aliphatic rings. The molecule has 1 unspecified atom stereocenters. The first-order valence-electron chi connectivity index (χ1n) is 10.6. The minimum atomic E-state index is -0.466. The second-order valence-electron chi connectivity index (χ2n) is 8.00. The van der Waals surface area contributed by atoms with Gasteiger partial charge in [0.15, 0.2) is 11.5 Å². The topological polar surface area (TPSA) is 84.4 Å². The second-order valence-corrected chi connectivity index (χ2v) is 8.00. The van der Waals surface area contributed by atoms with Crippen molar-refractivity contribution in [3.63, 3.8) is 0 Å². The monoisotopic (exact) mass is 422 g/mol. The number of carbonyl (C=O) groups is 1. The molecular weight excluding hydrogens is 396 g/mol. The number of para-hydroxylation sites is 2. The van der Waals surface area contributed by atoms with E-state index in [0.717, 1.165) is 30.1 Å². The number of methoxy groups -OCH3 is 1. The largest absolute Gasteiger partial charge is 0.454 e. The van der Waals surface area contributed by atoms with Crippen molar-refractivity contribution in [2.45, 2.75) is 18.4 Å². The molecule has 0 aliphatic carbocycles. The van der Waals surface area contributed by atoms with Crippen molar-refractivity contribution in [1.29, 1.82) is 0 Å². The highest BCUT2D eigenvalue weighted by atomic mass is 16.7. The number of fused-ring (bicyclic) bond motifs is 2. The fourth-order valence-electron chi connectivity index (χ4n) is 4.44. The number of anilines is 2. The Hall–Kier alpha value is -3.26. The van der Waals surface area contributed by atoms with Crippen LogP contribution in [-0.2, 0) is 4.74 Å². The van der Waals surface area contributed by atoms with Gasteiger partial charge in [0.05, 0.1) is 31.1 Å². The molecule has 3 heterocycles. The Morgan fingerprint density at radius 2 is 2.03 bits per heavy atom. The molecule has 1 amide bonds. The van der Waals surface area contributed by atoms with Crippen LogP contribution in [0.4, 0.5) is 11.4 Å². The third-order valence-corrected chi connectivity index (χ3v) is 5.97. The molecule has 2 aromatic rings. The van der Waals surface area contributed by atoms with Crippen LogP contribution in [0.1, 0.15) is 23.2 Å². The minimum Gasteiger partial charge on any atom is -0.454 e. The molecule has 1 saturated heterocycles. The van der Waals surface area contributed by atoms with Gasteiger partial charge in [0, 0.05) is 19.2 Å². The van der Waals surface area contributed by atoms with Crippen molar-refractivity contribution in [1.82, 2.24) is 4.90 Å². The summed E-state index contributed by atoms with van der Waals surface area (Å²) in [5.74, 6) is 2.13. The van der Waals surface area contributed by atoms with Gasteiger partial charge in [-0.1, -0.05) is 12.1 Å². The average molecular weight is 422 g/mol. The lowest BCUT2D eigenvalue weighted by molar-refractivity contribution is 0.0694. The predicted molar refractivity (Wildman–Crippen MR) is 118 cm³/mol. The van der Waals surface area contributed by atoms with Crippen molar-refractivity contribution in [2.75, 3.05) is 50.8 Å². The first-order valence-corrected chi connectivity index (χ1v) is 10.6. The van der Waals surface area contributed by atoms with E-state index in [1.54, 1.807) is 25.3 Å². The summed E-state index contributed by atoms with van der Waals surface area (Å²) in [6.45, 7) is 2.51. The number of benzene rings is 2. The molecule has 0 bridgehead atoms. The molecule has 0 aromatic heterocycles. The van der Waals surface area contributed by atoms with Crippen LogP contribution in [0.3, 0.4) is 0 Å². The Labute approximate surface area is 181 Å². The van der Waals surface area contributed by atoms with Crippen LogP contribution in [0.25, 0.3) is 0 Å². The van der Waals surface area contributed by atoms with E-state index in [-0.39, 0.29) is 12.7 Å². The van der Waals surface area contributed by atoms with Gasteiger partial charge in [0.1, 0.15) is 11.4 Å². The van der Waals surface area contributed by atoms with Crippen molar-refractivity contribution in [3.8, 4) is 11.5 Å². The number of piperidine rings is 1. The smallest absolute Gasteiger partial charge is 0.254 e. The molecule has 0 saturated carbocycles. The Bertz CT molecular complexity index is 1020. The molecule has 5 rings (SSSR count). The summed E-state index contributed by atoms with van der Waals surface area (Å²) in [5, 5.41) is 7.20. The van der Waals surface area contributed by atoms with Crippen molar-refractivity contribution in [2.24, 2.45) is 4.99 Å². The first kappa shape index (κ1) is 19.7. The van der Waals surface area contributed by atoms with Gasteiger partial charge >= 0.3 is 0 Å². The zero-order chi connectivity index (χ0) is 21.3. The Morgan fingerprint density at radius 1 is 1.19 bits per heavy atom. The fourth-order valence-corrected chi connectivity index (χ4v) is 4.44. The number of amides is 1. The van der Waals surface area contributed by atoms with Crippen LogP contribution in [0.15, 0.2) is 47.5 Å². The van der Waals surface area contributed by atoms with Crippen molar-refractivity contribution < 1.29 is 19.0 Å². The van der Waals surface area contributed by atoms with Gasteiger partial charge in [-0.3, -0.25) is 9.79 Å². The third kappa shape index (κ3) is 3.67. The maximum absolute atomic E-state index is 13.4. The highest BCUT2D eigenvalue weighted by Gasteiger charge is 2.44. The lowest BCUT2D eigenvalue weighted by atomic mass is 9.85. The van der Waals surface area contributed by atoms with E-state index in [2.05, 4.69) is 16.7 Å². The van der Waals surface area contributed by atoms with E-state index in [1.807, 2.05) is 23.1 Å². The lowest BCUT2D eigenvalue weighted by Crippen LogP contribution is -2.62. The molecule has 2 aromatic carbocycles. The summed E-state index contributed by atoms with van der Waals surface area (Å²) in [4.78, 5) is 20.1. The van der Waals surface area contributed by atoms with Crippen LogP contribution >= 0.6 is 0 Å². The maximum Gasteiger partial charge on any atom is 0.254 e. The van der Waals surface area contributed by atoms with Crippen LogP contribution in [0.2, 0.25) is 0 Å². The number of hydrogen-bond donors (Lipinski definition) is 2. The van der Waals surface area contributed by atoms with Gasteiger partial charge in [-0.2, -0.15) is 0 Å². The second kappa shape index (κ2) is 8.11. The number of nitrogens with one attached hydrogen (secondary N) is 2. The normalized spacial score (nSPS) is 22.7. The van der Waals surface area contributed by atoms with Gasteiger partial charge in [-0.05, 0) is 43.2 Å². The summed E-state index contributed by atoms with van der Waals surface area (Å²) in [7, 11) is 1.67. The standard InChI is InChI=1S/C23H26N4O4/c1-29-12-10-24-22-23(26-18-6-3-2-5-17(18)25-22)9-4-11-27(14-23)21(28)16-7-8-19-20(13-16)31-15-30-19/h2-3,5-8,13,26H,4,9-12,14-15H2,1H3,(H,24,25). The quantitative estimate of drug-likeness (QED) is 0.737. The first-order chi connectivity index (χ1) is 15.2. The van der Waals surface area contributed by atoms with Crippen LogP contribution in [0, 0.1) is 0 Å². The number of hydrogen-bond acceptors (Lipinski definition) is 6. The fraction of sp³-hybridized carbons (Fsp3) is 0.391. The highest BCUT2D eigenvalue weighted by Crippen LogP contribution is 2.37. The maximum atomic E-state index is 13.4. The van der Waals surface area contributed by atoms with Gasteiger partial charge in [0.2, 0.25) is 6.79 Å². The van der Waals surface area contributed by atoms with E-state index in [1.165, 1.54) is 0 Å². The van der Waals surface area contributed by atoms with E-state index in [4.69, 9.17) is 19.2 Å². The molecule has 0 radical (unpaired) electrons.